The van der Waals surface area contributed by atoms with Crippen LogP contribution < -0.4 is 0 Å². The summed E-state index contributed by atoms with van der Waals surface area (Å²) in [6.45, 7) is 4.25. The number of unbranched alkanes of at least 4 members (excludes halogenated alkanes) is 1. The molecule has 0 aliphatic heterocycles. The summed E-state index contributed by atoms with van der Waals surface area (Å²) in [6.07, 6.45) is 6.39. The minimum Gasteiger partial charge on any atom is -0.481 e. The molecule has 0 bridgehead atoms. The summed E-state index contributed by atoms with van der Waals surface area (Å²) in [6, 6.07) is 0. The monoisotopic (exact) mass is 170 g/mol. The van der Waals surface area contributed by atoms with E-state index >= 15 is 0 Å². The molecule has 0 spiro atoms. The molecule has 0 unspecified atom stereocenters. The van der Waals surface area contributed by atoms with Crippen LogP contribution in [0, 0.1) is 0 Å². The van der Waals surface area contributed by atoms with Gasteiger partial charge in [-0.3, -0.25) is 4.79 Å². The average molecular weight is 170 g/mol. The number of aliphatic carboxylic acids is 1. The van der Waals surface area contributed by atoms with Gasteiger partial charge < -0.3 is 5.11 Å². The highest BCUT2D eigenvalue weighted by molar-refractivity contribution is 5.66. The molecular weight excluding hydrogens is 152 g/mol. The van der Waals surface area contributed by atoms with Crippen LogP contribution in [0.2, 0.25) is 0 Å². The lowest BCUT2D eigenvalue weighted by atomic mass is 10.1. The summed E-state index contributed by atoms with van der Waals surface area (Å²) in [7, 11) is 0. The van der Waals surface area contributed by atoms with Crippen LogP contribution in [0.3, 0.4) is 0 Å². The van der Waals surface area contributed by atoms with Crippen molar-refractivity contribution >= 4 is 5.97 Å². The fourth-order valence-corrected chi connectivity index (χ4v) is 1.10. The van der Waals surface area contributed by atoms with E-state index in [-0.39, 0.29) is 6.42 Å². The van der Waals surface area contributed by atoms with Crippen molar-refractivity contribution in [1.29, 1.82) is 0 Å². The first-order valence-corrected chi connectivity index (χ1v) is 4.54. The molecule has 0 heterocycles. The largest absolute Gasteiger partial charge is 0.481 e. The van der Waals surface area contributed by atoms with Gasteiger partial charge in [0.2, 0.25) is 0 Å². The predicted octanol–water partition coefficient (Wildman–Crippen LogP) is 2.99. The van der Waals surface area contributed by atoms with E-state index in [1.54, 1.807) is 0 Å². The summed E-state index contributed by atoms with van der Waals surface area (Å²) in [5, 5.41) is 8.36. The molecule has 0 radical (unpaired) electrons. The fraction of sp³-hybridized carbons (Fsp3) is 0.700. The second kappa shape index (κ2) is 6.89. The number of carboxylic acids is 1. The fourth-order valence-electron chi connectivity index (χ4n) is 1.10. The quantitative estimate of drug-likeness (QED) is 0.491. The molecule has 0 aromatic heterocycles. The Morgan fingerprint density at radius 1 is 1.42 bits per heavy atom. The molecule has 0 fully saturated rings. The lowest BCUT2D eigenvalue weighted by molar-refractivity contribution is -0.137. The van der Waals surface area contributed by atoms with Gasteiger partial charge in [0.25, 0.3) is 0 Å². The van der Waals surface area contributed by atoms with E-state index < -0.39 is 5.97 Å². The van der Waals surface area contributed by atoms with Crippen molar-refractivity contribution in [2.24, 2.45) is 0 Å². The van der Waals surface area contributed by atoms with Gasteiger partial charge in [0.15, 0.2) is 0 Å². The van der Waals surface area contributed by atoms with Gasteiger partial charge in [0, 0.05) is 6.42 Å². The van der Waals surface area contributed by atoms with Gasteiger partial charge in [0.05, 0.1) is 0 Å². The first-order valence-electron chi connectivity index (χ1n) is 4.54. The van der Waals surface area contributed by atoms with Gasteiger partial charge in [0.1, 0.15) is 0 Å². The van der Waals surface area contributed by atoms with E-state index in [2.05, 4.69) is 19.9 Å². The molecule has 0 saturated carbocycles. The van der Waals surface area contributed by atoms with E-state index in [4.69, 9.17) is 5.11 Å². The van der Waals surface area contributed by atoms with Crippen molar-refractivity contribution in [2.45, 2.75) is 46.0 Å². The zero-order valence-electron chi connectivity index (χ0n) is 7.97. The Kier molecular flexibility index (Phi) is 6.44. The maximum Gasteiger partial charge on any atom is 0.303 e. The van der Waals surface area contributed by atoms with E-state index in [0.717, 1.165) is 19.3 Å². The first kappa shape index (κ1) is 11.2. The lowest BCUT2D eigenvalue weighted by Gasteiger charge is -1.96. The third kappa shape index (κ3) is 7.32. The summed E-state index contributed by atoms with van der Waals surface area (Å²) in [4.78, 5) is 10.1. The number of carboxylic acid groups (broad SMARTS) is 1. The van der Waals surface area contributed by atoms with Crippen LogP contribution in [0.1, 0.15) is 46.0 Å². The zero-order chi connectivity index (χ0) is 9.40. The molecule has 0 saturated heterocycles. The number of hydrogen-bond donors (Lipinski definition) is 1. The van der Waals surface area contributed by atoms with Crippen LogP contribution in [-0.4, -0.2) is 11.1 Å². The van der Waals surface area contributed by atoms with E-state index in [9.17, 15) is 4.79 Å². The van der Waals surface area contributed by atoms with Crippen molar-refractivity contribution in [3.63, 3.8) is 0 Å². The highest BCUT2D eigenvalue weighted by atomic mass is 16.4. The standard InChI is InChI=1S/C10H18O2/c1-3-6-9(2)7-4-5-8-10(11)12/h7H,3-6,8H2,1-2H3,(H,11,12)/b9-7+. The molecule has 0 aromatic carbocycles. The van der Waals surface area contributed by atoms with Crippen LogP contribution in [0.15, 0.2) is 11.6 Å². The molecule has 0 atom stereocenters. The Bertz CT molecular complexity index is 159. The van der Waals surface area contributed by atoms with Gasteiger partial charge in [-0.1, -0.05) is 25.0 Å². The average Bonchev–Trinajstić information content (AvgIpc) is 1.98. The van der Waals surface area contributed by atoms with Crippen LogP contribution in [0.25, 0.3) is 0 Å². The Morgan fingerprint density at radius 2 is 2.08 bits per heavy atom. The van der Waals surface area contributed by atoms with Crippen LogP contribution in [0.5, 0.6) is 0 Å². The maximum atomic E-state index is 10.1. The van der Waals surface area contributed by atoms with Crippen molar-refractivity contribution in [2.75, 3.05) is 0 Å². The second-order valence-electron chi connectivity index (χ2n) is 3.09. The smallest absolute Gasteiger partial charge is 0.303 e. The molecule has 2 nitrogen and oxygen atoms in total. The molecular formula is C10H18O2. The minimum atomic E-state index is -0.698. The highest BCUT2D eigenvalue weighted by Crippen LogP contribution is 2.06. The Balaban J connectivity index is 3.39. The molecule has 12 heavy (non-hydrogen) atoms. The Labute approximate surface area is 74.3 Å². The van der Waals surface area contributed by atoms with Crippen molar-refractivity contribution in [1.82, 2.24) is 0 Å². The topological polar surface area (TPSA) is 37.3 Å². The van der Waals surface area contributed by atoms with Crippen LogP contribution >= 0.6 is 0 Å². The SMILES string of the molecule is CCC/C(C)=C/CCCC(=O)O. The van der Waals surface area contributed by atoms with Gasteiger partial charge in [-0.05, 0) is 26.2 Å². The van der Waals surface area contributed by atoms with Gasteiger partial charge >= 0.3 is 5.97 Å². The molecule has 70 valence electrons. The van der Waals surface area contributed by atoms with Crippen molar-refractivity contribution < 1.29 is 9.90 Å². The van der Waals surface area contributed by atoms with Crippen molar-refractivity contribution in [3.05, 3.63) is 11.6 Å². The third-order valence-electron chi connectivity index (χ3n) is 1.73. The molecule has 0 aliphatic rings. The summed E-state index contributed by atoms with van der Waals surface area (Å²) >= 11 is 0. The zero-order valence-corrected chi connectivity index (χ0v) is 7.97. The Morgan fingerprint density at radius 3 is 2.58 bits per heavy atom. The maximum absolute atomic E-state index is 10.1. The third-order valence-corrected chi connectivity index (χ3v) is 1.73. The molecule has 0 aliphatic carbocycles. The summed E-state index contributed by atoms with van der Waals surface area (Å²) < 4.78 is 0. The van der Waals surface area contributed by atoms with E-state index in [1.165, 1.54) is 12.0 Å². The minimum absolute atomic E-state index is 0.288. The van der Waals surface area contributed by atoms with E-state index in [1.807, 2.05) is 0 Å². The number of allylic oxidation sites excluding steroid dienone is 2. The van der Waals surface area contributed by atoms with Gasteiger partial charge in [-0.2, -0.15) is 0 Å². The first-order chi connectivity index (χ1) is 5.66. The molecule has 0 rings (SSSR count). The number of carbonyl (C=O) groups is 1. The molecule has 0 amide bonds. The Hall–Kier alpha value is -0.790. The van der Waals surface area contributed by atoms with Crippen LogP contribution in [0.4, 0.5) is 0 Å². The molecule has 1 N–H and O–H groups in total. The number of hydrogen-bond acceptors (Lipinski definition) is 1. The summed E-state index contributed by atoms with van der Waals surface area (Å²) in [5.74, 6) is -0.698. The normalized spacial score (nSPS) is 11.7. The molecule has 0 aromatic rings. The van der Waals surface area contributed by atoms with Crippen LogP contribution in [-0.2, 0) is 4.79 Å². The number of rotatable bonds is 6. The van der Waals surface area contributed by atoms with Gasteiger partial charge in [-0.15, -0.1) is 0 Å². The second-order valence-corrected chi connectivity index (χ2v) is 3.09. The van der Waals surface area contributed by atoms with Crippen molar-refractivity contribution in [3.8, 4) is 0 Å². The highest BCUT2D eigenvalue weighted by Gasteiger charge is 1.94. The summed E-state index contributed by atoms with van der Waals surface area (Å²) in [5.41, 5.74) is 1.38. The lowest BCUT2D eigenvalue weighted by Crippen LogP contribution is -1.92. The van der Waals surface area contributed by atoms with Gasteiger partial charge in [-0.25, -0.2) is 0 Å². The predicted molar refractivity (Wildman–Crippen MR) is 50.2 cm³/mol. The molecule has 2 heteroatoms. The van der Waals surface area contributed by atoms with E-state index in [0.29, 0.717) is 0 Å².